The summed E-state index contributed by atoms with van der Waals surface area (Å²) in [7, 11) is 1.79. The van der Waals surface area contributed by atoms with Gasteiger partial charge in [0, 0.05) is 51.9 Å². The van der Waals surface area contributed by atoms with Crippen molar-refractivity contribution in [3.8, 4) is 11.6 Å². The molecule has 28 heavy (non-hydrogen) atoms. The quantitative estimate of drug-likeness (QED) is 0.262. The van der Waals surface area contributed by atoms with Crippen LogP contribution >= 0.6 is 24.0 Å². The smallest absolute Gasteiger partial charge is 0.276 e. The molecule has 0 saturated carbocycles. The molecule has 0 amide bonds. The van der Waals surface area contributed by atoms with E-state index in [-0.39, 0.29) is 24.0 Å². The molecule has 1 aliphatic heterocycles. The highest BCUT2D eigenvalue weighted by Gasteiger charge is 2.19. The highest BCUT2D eigenvalue weighted by atomic mass is 127. The molecule has 0 bridgehead atoms. The third-order valence-electron chi connectivity index (χ3n) is 4.53. The molecule has 0 aromatic carbocycles. The number of hydrogen-bond donors (Lipinski definition) is 2. The second-order valence-electron chi connectivity index (χ2n) is 6.49. The number of aliphatic imine (C=N–C) groups is 1. The first kappa shape index (κ1) is 22.3. The summed E-state index contributed by atoms with van der Waals surface area (Å²) < 4.78 is 5.28. The van der Waals surface area contributed by atoms with E-state index < -0.39 is 0 Å². The summed E-state index contributed by atoms with van der Waals surface area (Å²) in [6.07, 6.45) is 6.53. The molecule has 1 saturated heterocycles. The molecular formula is C19H28IN7O. The lowest BCUT2D eigenvalue weighted by Crippen LogP contribution is -2.49. The van der Waals surface area contributed by atoms with Crippen LogP contribution in [0.5, 0.6) is 0 Å². The Labute approximate surface area is 182 Å². The van der Waals surface area contributed by atoms with E-state index in [1.54, 1.807) is 13.2 Å². The van der Waals surface area contributed by atoms with Crippen molar-refractivity contribution in [1.29, 1.82) is 0 Å². The van der Waals surface area contributed by atoms with E-state index in [1.807, 2.05) is 24.3 Å². The predicted molar refractivity (Wildman–Crippen MR) is 121 cm³/mol. The van der Waals surface area contributed by atoms with Crippen LogP contribution in [0.3, 0.4) is 0 Å². The molecular weight excluding hydrogens is 469 g/mol. The van der Waals surface area contributed by atoms with Crippen LogP contribution in [0.2, 0.25) is 0 Å². The maximum Gasteiger partial charge on any atom is 0.276 e. The third-order valence-corrected chi connectivity index (χ3v) is 4.53. The lowest BCUT2D eigenvalue weighted by molar-refractivity contribution is 0.225. The van der Waals surface area contributed by atoms with Crippen molar-refractivity contribution in [1.82, 2.24) is 30.7 Å². The van der Waals surface area contributed by atoms with Crippen LogP contribution in [-0.4, -0.2) is 65.3 Å². The van der Waals surface area contributed by atoms with Crippen LogP contribution in [0.1, 0.15) is 18.7 Å². The van der Waals surface area contributed by atoms with Crippen molar-refractivity contribution >= 4 is 29.9 Å². The molecule has 3 heterocycles. The van der Waals surface area contributed by atoms with Gasteiger partial charge in [0.25, 0.3) is 5.89 Å². The number of nitrogens with one attached hydrogen (secondary N) is 2. The second kappa shape index (κ2) is 11.7. The zero-order valence-corrected chi connectivity index (χ0v) is 18.5. The maximum absolute atomic E-state index is 5.28. The van der Waals surface area contributed by atoms with E-state index in [0.29, 0.717) is 36.4 Å². The minimum Gasteiger partial charge on any atom is -0.356 e. The van der Waals surface area contributed by atoms with Crippen LogP contribution in [0.25, 0.3) is 11.6 Å². The minimum absolute atomic E-state index is 0. The van der Waals surface area contributed by atoms with E-state index in [9.17, 15) is 0 Å². The van der Waals surface area contributed by atoms with Gasteiger partial charge in [-0.1, -0.05) is 17.3 Å². The second-order valence-corrected chi connectivity index (χ2v) is 6.49. The first-order chi connectivity index (χ1) is 13.3. The number of guanidine groups is 1. The van der Waals surface area contributed by atoms with Gasteiger partial charge in [-0.3, -0.25) is 14.9 Å². The largest absolute Gasteiger partial charge is 0.356 e. The Hall–Kier alpha value is -2.01. The summed E-state index contributed by atoms with van der Waals surface area (Å²) in [5.41, 5.74) is 0.685. The van der Waals surface area contributed by atoms with Crippen molar-refractivity contribution in [3.05, 3.63) is 42.9 Å². The average molecular weight is 497 g/mol. The van der Waals surface area contributed by atoms with Gasteiger partial charge >= 0.3 is 0 Å². The van der Waals surface area contributed by atoms with Gasteiger partial charge < -0.3 is 15.2 Å². The summed E-state index contributed by atoms with van der Waals surface area (Å²) in [4.78, 5) is 15.3. The maximum atomic E-state index is 5.28. The van der Waals surface area contributed by atoms with Gasteiger partial charge in [-0.05, 0) is 25.0 Å². The highest BCUT2D eigenvalue weighted by molar-refractivity contribution is 14.0. The molecule has 2 N–H and O–H groups in total. The molecule has 1 aliphatic rings. The summed E-state index contributed by atoms with van der Waals surface area (Å²) in [6, 6.07) is 6.04. The van der Waals surface area contributed by atoms with E-state index in [0.717, 1.165) is 38.4 Å². The number of rotatable bonds is 7. The van der Waals surface area contributed by atoms with Crippen molar-refractivity contribution < 1.29 is 4.52 Å². The third kappa shape index (κ3) is 6.55. The lowest BCUT2D eigenvalue weighted by Gasteiger charge is -2.32. The molecule has 0 aliphatic carbocycles. The summed E-state index contributed by atoms with van der Waals surface area (Å²) in [6.45, 7) is 7.61. The summed E-state index contributed by atoms with van der Waals surface area (Å²) in [5.74, 6) is 1.90. The number of aromatic nitrogens is 3. The van der Waals surface area contributed by atoms with Gasteiger partial charge in [-0.25, -0.2) is 0 Å². The molecule has 0 spiro atoms. The van der Waals surface area contributed by atoms with Gasteiger partial charge in [0.2, 0.25) is 0 Å². The molecule has 152 valence electrons. The SMILES string of the molecule is C=CCN1CCC(NC(=NC)NCCc2noc(-c3ccccn3)n2)CC1.I. The van der Waals surface area contributed by atoms with Gasteiger partial charge in [0.05, 0.1) is 0 Å². The Kier molecular flexibility index (Phi) is 9.35. The van der Waals surface area contributed by atoms with Gasteiger partial charge in [-0.15, -0.1) is 30.6 Å². The first-order valence-corrected chi connectivity index (χ1v) is 9.33. The molecule has 1 fully saturated rings. The van der Waals surface area contributed by atoms with Crippen LogP contribution < -0.4 is 10.6 Å². The van der Waals surface area contributed by atoms with Crippen molar-refractivity contribution in [2.24, 2.45) is 4.99 Å². The fourth-order valence-corrected chi connectivity index (χ4v) is 3.07. The molecule has 2 aromatic rings. The van der Waals surface area contributed by atoms with Crippen LogP contribution in [0, 0.1) is 0 Å². The minimum atomic E-state index is 0. The van der Waals surface area contributed by atoms with Gasteiger partial charge in [0.15, 0.2) is 11.8 Å². The Bertz CT molecular complexity index is 742. The number of likely N-dealkylation sites (tertiary alicyclic amines) is 1. The van der Waals surface area contributed by atoms with Crippen LogP contribution in [-0.2, 0) is 6.42 Å². The number of piperidine rings is 1. The normalized spacial score (nSPS) is 15.7. The fraction of sp³-hybridized carbons (Fsp3) is 0.474. The van der Waals surface area contributed by atoms with Crippen molar-refractivity contribution in [2.75, 3.05) is 33.2 Å². The molecule has 0 radical (unpaired) electrons. The number of hydrogen-bond acceptors (Lipinski definition) is 6. The predicted octanol–water partition coefficient (Wildman–Crippen LogP) is 2.11. The average Bonchev–Trinajstić information content (AvgIpc) is 3.18. The van der Waals surface area contributed by atoms with E-state index >= 15 is 0 Å². The monoisotopic (exact) mass is 497 g/mol. The molecule has 2 aromatic heterocycles. The molecule has 0 atom stereocenters. The molecule has 9 heteroatoms. The zero-order chi connectivity index (χ0) is 18.9. The lowest BCUT2D eigenvalue weighted by atomic mass is 10.1. The molecule has 3 rings (SSSR count). The van der Waals surface area contributed by atoms with Gasteiger partial charge in [0.1, 0.15) is 5.69 Å². The number of halogens is 1. The topological polar surface area (TPSA) is 91.5 Å². The Morgan fingerprint density at radius 3 is 2.89 bits per heavy atom. The Morgan fingerprint density at radius 1 is 1.39 bits per heavy atom. The number of pyridine rings is 1. The van der Waals surface area contributed by atoms with E-state index in [4.69, 9.17) is 4.52 Å². The van der Waals surface area contributed by atoms with Crippen molar-refractivity contribution in [3.63, 3.8) is 0 Å². The number of nitrogens with zero attached hydrogens (tertiary/aromatic N) is 5. The summed E-state index contributed by atoms with van der Waals surface area (Å²) >= 11 is 0. The highest BCUT2D eigenvalue weighted by Crippen LogP contribution is 2.13. The molecule has 8 nitrogen and oxygen atoms in total. The summed E-state index contributed by atoms with van der Waals surface area (Å²) in [5, 5.41) is 10.8. The fourth-order valence-electron chi connectivity index (χ4n) is 3.07. The van der Waals surface area contributed by atoms with E-state index in [1.165, 1.54) is 0 Å². The zero-order valence-electron chi connectivity index (χ0n) is 16.2. The van der Waals surface area contributed by atoms with Crippen molar-refractivity contribution in [2.45, 2.75) is 25.3 Å². The van der Waals surface area contributed by atoms with Crippen LogP contribution in [0.4, 0.5) is 0 Å². The first-order valence-electron chi connectivity index (χ1n) is 9.33. The van der Waals surface area contributed by atoms with Crippen LogP contribution in [0.15, 0.2) is 46.6 Å². The van der Waals surface area contributed by atoms with Gasteiger partial charge in [-0.2, -0.15) is 4.98 Å². The Morgan fingerprint density at radius 2 is 2.21 bits per heavy atom. The van der Waals surface area contributed by atoms with E-state index in [2.05, 4.69) is 42.2 Å². The Balaban J connectivity index is 0.00000280. The standard InChI is InChI=1S/C19H27N7O.HI/c1-3-12-26-13-8-15(9-14-26)23-19(20-2)22-11-7-17-24-18(27-25-17)16-6-4-5-10-21-16;/h3-6,10,15H,1,7-9,11-14H2,2H3,(H2,20,22,23);1H. The molecule has 0 unspecified atom stereocenters.